The van der Waals surface area contributed by atoms with Crippen LogP contribution in [0.15, 0.2) is 23.8 Å². The molecule has 1 aliphatic heterocycles. The van der Waals surface area contributed by atoms with E-state index in [1.54, 1.807) is 0 Å². The van der Waals surface area contributed by atoms with Crippen molar-refractivity contribution < 1.29 is 19.4 Å². The van der Waals surface area contributed by atoms with E-state index in [9.17, 15) is 9.90 Å². The normalized spacial score (nSPS) is 27.9. The number of ether oxygens (including phenoxy) is 2. The zero-order valence-corrected chi connectivity index (χ0v) is 20.7. The van der Waals surface area contributed by atoms with Crippen LogP contribution in [0.3, 0.4) is 0 Å². The number of allylic oxidation sites excluding steroid dienone is 3. The van der Waals surface area contributed by atoms with Gasteiger partial charge in [-0.25, -0.2) is 4.79 Å². The van der Waals surface area contributed by atoms with Gasteiger partial charge in [-0.1, -0.05) is 74.6 Å². The molecule has 28 heavy (non-hydrogen) atoms. The van der Waals surface area contributed by atoms with Gasteiger partial charge in [0, 0.05) is 27.2 Å². The Kier molecular flexibility index (Phi) is 7.62. The van der Waals surface area contributed by atoms with Crippen molar-refractivity contribution in [2.45, 2.75) is 63.3 Å². The van der Waals surface area contributed by atoms with Gasteiger partial charge in [-0.05, 0) is 23.5 Å². The van der Waals surface area contributed by atoms with Crippen molar-refractivity contribution in [2.24, 2.45) is 11.3 Å². The van der Waals surface area contributed by atoms with E-state index in [0.717, 1.165) is 12.5 Å². The van der Waals surface area contributed by atoms with Gasteiger partial charge in [-0.2, -0.15) is 0 Å². The molecule has 0 aromatic heterocycles. The monoisotopic (exact) mass is 473 g/mol. The van der Waals surface area contributed by atoms with Crippen LogP contribution in [0, 0.1) is 11.3 Å². The van der Waals surface area contributed by atoms with Crippen LogP contribution in [0.5, 0.6) is 0 Å². The molecule has 0 bridgehead atoms. The average Bonchev–Trinajstić information content (AvgIpc) is 2.56. The number of alkyl halides is 1. The molecule has 1 N–H and O–H groups in total. The molecule has 0 aromatic rings. The molecule has 160 valence electrons. The van der Waals surface area contributed by atoms with E-state index in [4.69, 9.17) is 9.47 Å². The fourth-order valence-electron chi connectivity index (χ4n) is 3.78. The molecule has 1 saturated heterocycles. The number of nitrogens with zero attached hydrogens (tertiary/aromatic N) is 1. The van der Waals surface area contributed by atoms with Crippen LogP contribution in [0.1, 0.15) is 27.2 Å². The smallest absolute Gasteiger partial charge is 0.409 e. The first-order valence-corrected chi connectivity index (χ1v) is 14.6. The van der Waals surface area contributed by atoms with E-state index in [1.807, 2.05) is 0 Å². The van der Waals surface area contributed by atoms with Gasteiger partial charge in [0.05, 0.1) is 17.0 Å². The quantitative estimate of drug-likeness (QED) is 0.234. The van der Waals surface area contributed by atoms with Gasteiger partial charge in [0.1, 0.15) is 6.73 Å². The molecule has 5 nitrogen and oxygen atoms in total. The summed E-state index contributed by atoms with van der Waals surface area (Å²) in [6.45, 7) is 15.2. The molecule has 0 radical (unpaired) electrons. The van der Waals surface area contributed by atoms with Gasteiger partial charge in [0.2, 0.25) is 0 Å². The average molecular weight is 475 g/mol. The molecule has 1 amide bonds. The number of amides is 1. The Bertz CT molecular complexity index is 623. The van der Waals surface area contributed by atoms with Gasteiger partial charge in [0.25, 0.3) is 0 Å². The van der Waals surface area contributed by atoms with Crippen LogP contribution in [0.2, 0.25) is 25.7 Å². The first-order valence-electron chi connectivity index (χ1n) is 10.1. The van der Waals surface area contributed by atoms with Crippen LogP contribution < -0.4 is 0 Å². The third kappa shape index (κ3) is 5.71. The zero-order valence-electron chi connectivity index (χ0n) is 18.1. The number of rotatable bonds is 7. The van der Waals surface area contributed by atoms with Crippen LogP contribution in [-0.2, 0) is 9.47 Å². The number of halogens is 1. The molecule has 2 rings (SSSR count). The summed E-state index contributed by atoms with van der Waals surface area (Å²) in [7, 11) is -1.19. The third-order valence-corrected chi connectivity index (χ3v) is 9.39. The van der Waals surface area contributed by atoms with Crippen molar-refractivity contribution in [1.82, 2.24) is 4.90 Å². The lowest BCUT2D eigenvalue weighted by atomic mass is 9.66. The zero-order chi connectivity index (χ0) is 21.2. The first kappa shape index (κ1) is 23.6. The lowest BCUT2D eigenvalue weighted by Crippen LogP contribution is -2.51. The van der Waals surface area contributed by atoms with Crippen molar-refractivity contribution in [2.75, 3.05) is 26.5 Å². The topological polar surface area (TPSA) is 59.0 Å². The molecule has 1 heterocycles. The SMILES string of the molecule is CC(C)(C)C1(Br)C=CC=C2C(CN(COCC[Si](C)(C)C)C(=O)O)OCCC21. The van der Waals surface area contributed by atoms with E-state index in [0.29, 0.717) is 25.7 Å². The highest BCUT2D eigenvalue weighted by Gasteiger charge is 2.49. The number of hydrogen-bond acceptors (Lipinski definition) is 3. The Morgan fingerprint density at radius 2 is 2.11 bits per heavy atom. The number of carboxylic acid groups (broad SMARTS) is 1. The Labute approximate surface area is 179 Å². The second-order valence-corrected chi connectivity index (χ2v) is 17.0. The Balaban J connectivity index is 2.06. The lowest BCUT2D eigenvalue weighted by Gasteiger charge is -2.50. The van der Waals surface area contributed by atoms with Crippen LogP contribution in [0.4, 0.5) is 4.79 Å². The summed E-state index contributed by atoms with van der Waals surface area (Å²) in [4.78, 5) is 13.1. The summed E-state index contributed by atoms with van der Waals surface area (Å²) >= 11 is 4.02. The van der Waals surface area contributed by atoms with E-state index in [2.05, 4.69) is 74.6 Å². The summed E-state index contributed by atoms with van der Waals surface area (Å²) in [5.41, 5.74) is 1.20. The first-order chi connectivity index (χ1) is 12.8. The van der Waals surface area contributed by atoms with Crippen molar-refractivity contribution in [3.63, 3.8) is 0 Å². The minimum absolute atomic E-state index is 0.0298. The summed E-state index contributed by atoms with van der Waals surface area (Å²) in [6, 6.07) is 1.02. The summed E-state index contributed by atoms with van der Waals surface area (Å²) in [5.74, 6) is 0.291. The van der Waals surface area contributed by atoms with E-state index < -0.39 is 14.2 Å². The number of carbonyl (C=O) groups is 1. The van der Waals surface area contributed by atoms with Gasteiger partial charge < -0.3 is 14.6 Å². The Morgan fingerprint density at radius 3 is 2.68 bits per heavy atom. The third-order valence-electron chi connectivity index (χ3n) is 5.68. The van der Waals surface area contributed by atoms with Crippen LogP contribution in [0.25, 0.3) is 0 Å². The minimum atomic E-state index is -1.19. The summed E-state index contributed by atoms with van der Waals surface area (Å²) in [6.07, 6.45) is 6.13. The maximum Gasteiger partial charge on any atom is 0.409 e. The van der Waals surface area contributed by atoms with Crippen LogP contribution in [-0.4, -0.2) is 61.1 Å². The highest BCUT2D eigenvalue weighted by atomic mass is 79.9. The predicted molar refractivity (Wildman–Crippen MR) is 120 cm³/mol. The van der Waals surface area contributed by atoms with Crippen molar-refractivity contribution >= 4 is 30.1 Å². The number of hydrogen-bond donors (Lipinski definition) is 1. The van der Waals surface area contributed by atoms with Gasteiger partial charge in [0.15, 0.2) is 0 Å². The van der Waals surface area contributed by atoms with Gasteiger partial charge >= 0.3 is 6.09 Å². The lowest BCUT2D eigenvalue weighted by molar-refractivity contribution is -0.0220. The summed E-state index contributed by atoms with van der Waals surface area (Å²) < 4.78 is 11.5. The molecule has 0 aromatic carbocycles. The van der Waals surface area contributed by atoms with Gasteiger partial charge in [-0.3, -0.25) is 4.90 Å². The molecular formula is C21H36BrNO4Si. The highest BCUT2D eigenvalue weighted by Crippen LogP contribution is 2.52. The van der Waals surface area contributed by atoms with E-state index >= 15 is 0 Å². The molecular weight excluding hydrogens is 438 g/mol. The van der Waals surface area contributed by atoms with E-state index in [1.165, 1.54) is 10.5 Å². The number of fused-ring (bicyclic) bond motifs is 1. The Morgan fingerprint density at radius 1 is 1.43 bits per heavy atom. The highest BCUT2D eigenvalue weighted by molar-refractivity contribution is 9.10. The van der Waals surface area contributed by atoms with Crippen LogP contribution >= 0.6 is 15.9 Å². The largest absolute Gasteiger partial charge is 0.465 e. The second kappa shape index (κ2) is 9.02. The maximum absolute atomic E-state index is 11.8. The molecule has 1 fully saturated rings. The van der Waals surface area contributed by atoms with E-state index in [-0.39, 0.29) is 22.6 Å². The molecule has 1 aliphatic carbocycles. The minimum Gasteiger partial charge on any atom is -0.465 e. The van der Waals surface area contributed by atoms with Crippen molar-refractivity contribution in [3.8, 4) is 0 Å². The fraction of sp³-hybridized carbons (Fsp3) is 0.762. The molecule has 0 spiro atoms. The molecule has 3 unspecified atom stereocenters. The van der Waals surface area contributed by atoms with Gasteiger partial charge in [-0.15, -0.1) is 0 Å². The molecule has 0 saturated carbocycles. The molecule has 7 heteroatoms. The Hall–Kier alpha value is -0.633. The predicted octanol–water partition coefficient (Wildman–Crippen LogP) is 5.36. The summed E-state index contributed by atoms with van der Waals surface area (Å²) in [5, 5.41) is 9.65. The maximum atomic E-state index is 11.8. The fourth-order valence-corrected chi connectivity index (χ4v) is 5.18. The van der Waals surface area contributed by atoms with Crippen molar-refractivity contribution in [1.29, 1.82) is 0 Å². The standard InChI is InChI=1S/C21H36BrNO4Si/c1-20(2,3)21(22)10-7-8-16-17(21)9-11-27-18(16)14-23(19(24)25)15-26-12-13-28(4,5)6/h7-8,10,17-18H,9,11-15H2,1-6H3,(H,24,25). The molecule has 2 aliphatic rings. The molecule has 3 atom stereocenters. The second-order valence-electron chi connectivity index (χ2n) is 10.1. The van der Waals surface area contributed by atoms with Crippen molar-refractivity contribution in [3.05, 3.63) is 23.8 Å².